The Morgan fingerprint density at radius 3 is 2.72 bits per heavy atom. The van der Waals surface area contributed by atoms with Gasteiger partial charge in [-0.25, -0.2) is 9.68 Å². The molecule has 0 radical (unpaired) electrons. The third kappa shape index (κ3) is 7.38. The fourth-order valence-electron chi connectivity index (χ4n) is 2.66. The van der Waals surface area contributed by atoms with E-state index >= 15 is 0 Å². The summed E-state index contributed by atoms with van der Waals surface area (Å²) in [7, 11) is 0. The topological polar surface area (TPSA) is 76.0 Å². The number of aliphatic hydroxyl groups is 1. The van der Waals surface area contributed by atoms with E-state index in [1.165, 1.54) is 0 Å². The molecule has 140 valence electrons. The van der Waals surface area contributed by atoms with Crippen molar-refractivity contribution in [1.29, 1.82) is 0 Å². The number of allylic oxidation sites excluding steroid dienone is 2. The van der Waals surface area contributed by atoms with Crippen LogP contribution in [0.5, 0.6) is 0 Å². The van der Waals surface area contributed by atoms with Gasteiger partial charge in [-0.05, 0) is 57.6 Å². The third-order valence-corrected chi connectivity index (χ3v) is 4.40. The van der Waals surface area contributed by atoms with Crippen LogP contribution in [0.2, 0.25) is 0 Å². The summed E-state index contributed by atoms with van der Waals surface area (Å²) in [5, 5.41) is 17.7. The second kappa shape index (κ2) is 11.0. The molecule has 5 heteroatoms. The van der Waals surface area contributed by atoms with E-state index in [1.807, 2.05) is 19.9 Å². The van der Waals surface area contributed by atoms with Gasteiger partial charge in [0.15, 0.2) is 0 Å². The first-order chi connectivity index (χ1) is 11.9. The zero-order chi connectivity index (χ0) is 18.8. The van der Waals surface area contributed by atoms with Crippen LogP contribution in [0.4, 0.5) is 0 Å². The van der Waals surface area contributed by atoms with Gasteiger partial charge < -0.3 is 9.84 Å². The molecule has 0 amide bonds. The number of carbonyl (C=O) groups excluding carboxylic acids is 1. The van der Waals surface area contributed by atoms with Crippen molar-refractivity contribution in [3.05, 3.63) is 47.1 Å². The Hall–Kier alpha value is -1.69. The van der Waals surface area contributed by atoms with Crippen molar-refractivity contribution in [2.45, 2.75) is 65.1 Å². The van der Waals surface area contributed by atoms with E-state index in [0.29, 0.717) is 24.8 Å². The van der Waals surface area contributed by atoms with Gasteiger partial charge in [-0.15, -0.1) is 0 Å². The lowest BCUT2D eigenvalue weighted by atomic mass is 9.97. The molecular weight excluding hydrogens is 320 g/mol. The van der Waals surface area contributed by atoms with Gasteiger partial charge in [-0.1, -0.05) is 30.4 Å². The molecule has 1 rings (SSSR count). The Balaban J connectivity index is 2.54. The molecule has 25 heavy (non-hydrogen) atoms. The van der Waals surface area contributed by atoms with Crippen LogP contribution >= 0.6 is 0 Å². The lowest BCUT2D eigenvalue weighted by Crippen LogP contribution is -2.25. The van der Waals surface area contributed by atoms with Gasteiger partial charge in [0.05, 0.1) is 6.61 Å². The molecule has 2 atom stereocenters. The highest BCUT2D eigenvalue weighted by molar-refractivity contribution is 5.89. The van der Waals surface area contributed by atoms with E-state index in [2.05, 4.69) is 17.5 Å². The van der Waals surface area contributed by atoms with Gasteiger partial charge in [-0.2, -0.15) is 0 Å². The first-order valence-corrected chi connectivity index (χ1v) is 8.67. The maximum Gasteiger partial charge on any atom is 0.334 e. The number of hydrogen-bond acceptors (Lipinski definition) is 5. The number of hydrogen-bond donors (Lipinski definition) is 2. The Labute approximate surface area is 150 Å². The fraction of sp³-hybridized carbons (Fsp3) is 0.550. The molecule has 2 N–H and O–H groups in total. The molecule has 0 fully saturated rings. The molecule has 0 aromatic carbocycles. The normalized spacial score (nSPS) is 20.1. The second-order valence-electron chi connectivity index (χ2n) is 6.56. The molecule has 0 aromatic heterocycles. The fourth-order valence-corrected chi connectivity index (χ4v) is 2.66. The summed E-state index contributed by atoms with van der Waals surface area (Å²) in [6.07, 6.45) is 8.48. The van der Waals surface area contributed by atoms with Gasteiger partial charge in [0.1, 0.15) is 12.2 Å². The molecule has 0 unspecified atom stereocenters. The van der Waals surface area contributed by atoms with Crippen LogP contribution in [-0.4, -0.2) is 35.1 Å². The predicted octanol–water partition coefficient (Wildman–Crippen LogP) is 4.11. The lowest BCUT2D eigenvalue weighted by Gasteiger charge is -2.24. The first kappa shape index (κ1) is 21.4. The Morgan fingerprint density at radius 2 is 2.16 bits per heavy atom. The minimum atomic E-state index is -0.469. The average molecular weight is 350 g/mol. The van der Waals surface area contributed by atoms with Crippen LogP contribution < -0.4 is 0 Å². The van der Waals surface area contributed by atoms with Crippen LogP contribution in [-0.2, 0) is 14.4 Å². The number of cyclic esters (lactones) is 1. The molecule has 1 aliphatic rings. The van der Waals surface area contributed by atoms with Crippen molar-refractivity contribution >= 4 is 5.97 Å². The standard InChI is InChI=1S/C20H30O5/c1-14(2)18(25-23)10-8-17-9-11-19(24-20(17)22)16(4)7-5-6-15(3)12-13-21/h7,9,12,18-19,21,23H,1,5-6,8,10-11,13H2,2-4H3/b15-12-,16-7+/t18-,19+/m1/s1. The van der Waals surface area contributed by atoms with Crippen molar-refractivity contribution < 1.29 is 24.8 Å². The van der Waals surface area contributed by atoms with Crippen molar-refractivity contribution in [3.63, 3.8) is 0 Å². The van der Waals surface area contributed by atoms with Crippen LogP contribution in [0, 0.1) is 0 Å². The van der Waals surface area contributed by atoms with Crippen molar-refractivity contribution in [2.75, 3.05) is 6.61 Å². The summed E-state index contributed by atoms with van der Waals surface area (Å²) in [6.45, 7) is 9.55. The number of aliphatic hydroxyl groups excluding tert-OH is 1. The van der Waals surface area contributed by atoms with Crippen molar-refractivity contribution in [2.24, 2.45) is 0 Å². The highest BCUT2D eigenvalue weighted by Crippen LogP contribution is 2.24. The molecule has 0 spiro atoms. The molecule has 1 heterocycles. The average Bonchev–Trinajstić information content (AvgIpc) is 2.56. The largest absolute Gasteiger partial charge is 0.454 e. The monoisotopic (exact) mass is 350 g/mol. The first-order valence-electron chi connectivity index (χ1n) is 8.67. The van der Waals surface area contributed by atoms with E-state index in [9.17, 15) is 4.79 Å². The van der Waals surface area contributed by atoms with E-state index in [-0.39, 0.29) is 18.7 Å². The molecular formula is C20H30O5. The van der Waals surface area contributed by atoms with Gasteiger partial charge in [0, 0.05) is 12.0 Å². The Bertz CT molecular complexity index is 556. The van der Waals surface area contributed by atoms with E-state index in [1.54, 1.807) is 13.0 Å². The summed E-state index contributed by atoms with van der Waals surface area (Å²) in [6, 6.07) is 0. The van der Waals surface area contributed by atoms with Gasteiger partial charge in [-0.3, -0.25) is 5.26 Å². The van der Waals surface area contributed by atoms with Gasteiger partial charge in [0.25, 0.3) is 0 Å². The van der Waals surface area contributed by atoms with Crippen LogP contribution in [0.1, 0.15) is 52.9 Å². The zero-order valence-corrected chi connectivity index (χ0v) is 15.5. The molecule has 5 nitrogen and oxygen atoms in total. The highest BCUT2D eigenvalue weighted by atomic mass is 17.1. The van der Waals surface area contributed by atoms with Crippen molar-refractivity contribution in [1.82, 2.24) is 0 Å². The Kier molecular flexibility index (Phi) is 9.42. The molecule has 0 bridgehead atoms. The van der Waals surface area contributed by atoms with E-state index in [4.69, 9.17) is 15.1 Å². The molecule has 0 saturated carbocycles. The summed E-state index contributed by atoms with van der Waals surface area (Å²) >= 11 is 0. The molecule has 1 aliphatic heterocycles. The SMILES string of the molecule is C=C(C)[C@@H](CCC1=CC[C@@H](/C(C)=C/CC/C(C)=C\CO)OC1=O)OO. The van der Waals surface area contributed by atoms with E-state index in [0.717, 1.165) is 29.6 Å². The maximum atomic E-state index is 12.2. The molecule has 0 saturated heterocycles. The van der Waals surface area contributed by atoms with Crippen LogP contribution in [0.15, 0.2) is 47.1 Å². The summed E-state index contributed by atoms with van der Waals surface area (Å²) in [5.74, 6) is -0.307. The third-order valence-electron chi connectivity index (χ3n) is 4.40. The smallest absolute Gasteiger partial charge is 0.334 e. The number of rotatable bonds is 10. The predicted molar refractivity (Wildman–Crippen MR) is 98.0 cm³/mol. The quantitative estimate of drug-likeness (QED) is 0.268. The number of ether oxygens (including phenoxy) is 1. The van der Waals surface area contributed by atoms with Gasteiger partial charge in [0.2, 0.25) is 0 Å². The highest BCUT2D eigenvalue weighted by Gasteiger charge is 2.24. The summed E-state index contributed by atoms with van der Waals surface area (Å²) in [4.78, 5) is 16.5. The maximum absolute atomic E-state index is 12.2. The van der Waals surface area contributed by atoms with Gasteiger partial charge >= 0.3 is 5.97 Å². The van der Waals surface area contributed by atoms with Crippen LogP contribution in [0.3, 0.4) is 0 Å². The van der Waals surface area contributed by atoms with Crippen LogP contribution in [0.25, 0.3) is 0 Å². The summed E-state index contributed by atoms with van der Waals surface area (Å²) < 4.78 is 5.54. The summed E-state index contributed by atoms with van der Waals surface area (Å²) in [5.41, 5.74) is 3.52. The number of carbonyl (C=O) groups is 1. The van der Waals surface area contributed by atoms with E-state index < -0.39 is 6.10 Å². The Morgan fingerprint density at radius 1 is 1.44 bits per heavy atom. The molecule has 0 aliphatic carbocycles. The lowest BCUT2D eigenvalue weighted by molar-refractivity contribution is -0.269. The second-order valence-corrected chi connectivity index (χ2v) is 6.56. The number of esters is 1. The minimum absolute atomic E-state index is 0.0654. The van der Waals surface area contributed by atoms with Crippen molar-refractivity contribution in [3.8, 4) is 0 Å². The molecule has 0 aromatic rings. The minimum Gasteiger partial charge on any atom is -0.454 e. The zero-order valence-electron chi connectivity index (χ0n) is 15.5.